The van der Waals surface area contributed by atoms with E-state index in [1.807, 2.05) is 42.3 Å². The molecule has 1 saturated heterocycles. The van der Waals surface area contributed by atoms with Crippen molar-refractivity contribution in [1.29, 1.82) is 0 Å². The van der Waals surface area contributed by atoms with Crippen molar-refractivity contribution < 1.29 is 14.3 Å². The predicted molar refractivity (Wildman–Crippen MR) is 128 cm³/mol. The van der Waals surface area contributed by atoms with Gasteiger partial charge in [-0.1, -0.05) is 41.4 Å². The predicted octanol–water partition coefficient (Wildman–Crippen LogP) is 4.83. The number of hydrogen-bond donors (Lipinski definition) is 1. The second kappa shape index (κ2) is 8.30. The van der Waals surface area contributed by atoms with Gasteiger partial charge < -0.3 is 14.6 Å². The van der Waals surface area contributed by atoms with Crippen LogP contribution in [0.4, 0.5) is 10.1 Å². The summed E-state index contributed by atoms with van der Waals surface area (Å²) in [6.07, 6.45) is 5.66. The zero-order valence-electron chi connectivity index (χ0n) is 18.1. The number of rotatable bonds is 5. The third-order valence-electron chi connectivity index (χ3n) is 6.35. The molecule has 1 N–H and O–H groups in total. The van der Waals surface area contributed by atoms with E-state index in [9.17, 15) is 14.7 Å². The van der Waals surface area contributed by atoms with Gasteiger partial charge in [-0.3, -0.25) is 9.79 Å². The van der Waals surface area contributed by atoms with Crippen molar-refractivity contribution in [3.63, 3.8) is 0 Å². The molecule has 1 saturated carbocycles. The van der Waals surface area contributed by atoms with Crippen LogP contribution in [0.5, 0.6) is 0 Å². The first-order valence-corrected chi connectivity index (χ1v) is 11.4. The quantitative estimate of drug-likeness (QED) is 0.545. The average Bonchev–Trinajstić information content (AvgIpc) is 3.52. The summed E-state index contributed by atoms with van der Waals surface area (Å²) in [5.41, 5.74) is 1.75. The molecule has 1 atom stereocenters. The molecule has 0 bridgehead atoms. The van der Waals surface area contributed by atoms with Crippen LogP contribution < -0.4 is 10.3 Å². The van der Waals surface area contributed by atoms with E-state index in [-0.39, 0.29) is 33.7 Å². The molecule has 6 nitrogen and oxygen atoms in total. The molecule has 5 rings (SSSR count). The zero-order valence-corrected chi connectivity index (χ0v) is 18.8. The van der Waals surface area contributed by atoms with Gasteiger partial charge in [0.25, 0.3) is 0 Å². The van der Waals surface area contributed by atoms with Gasteiger partial charge in [0, 0.05) is 31.5 Å². The summed E-state index contributed by atoms with van der Waals surface area (Å²) < 4.78 is 17.0. The number of carboxylic acid groups (broad SMARTS) is 1. The summed E-state index contributed by atoms with van der Waals surface area (Å²) in [6.45, 7) is 3.12. The number of aliphatic imine (C=N–C) groups is 1. The topological polar surface area (TPSA) is 74.9 Å². The van der Waals surface area contributed by atoms with E-state index in [1.165, 1.54) is 11.8 Å². The first kappa shape index (κ1) is 21.6. The summed E-state index contributed by atoms with van der Waals surface area (Å²) in [4.78, 5) is 30.8. The molecule has 1 aliphatic heterocycles. The molecule has 33 heavy (non-hydrogen) atoms. The number of aromatic nitrogens is 1. The SMILES string of the molecule is Cc1ccc(/C=N/C2CCN(c3c(F)cc4c(=O)c(C(=O)O)cn(C5CC5)c4c3Cl)C2)cc1. The van der Waals surface area contributed by atoms with E-state index in [4.69, 9.17) is 11.6 Å². The minimum absolute atomic E-state index is 0.00110. The first-order valence-electron chi connectivity index (χ1n) is 11.0. The lowest BCUT2D eigenvalue weighted by molar-refractivity contribution is 0.0695. The van der Waals surface area contributed by atoms with E-state index in [0.29, 0.717) is 18.6 Å². The zero-order chi connectivity index (χ0) is 23.3. The van der Waals surface area contributed by atoms with Crippen molar-refractivity contribution in [1.82, 2.24) is 4.57 Å². The lowest BCUT2D eigenvalue weighted by atomic mass is 10.1. The second-order valence-electron chi connectivity index (χ2n) is 8.81. The van der Waals surface area contributed by atoms with Crippen molar-refractivity contribution in [2.75, 3.05) is 18.0 Å². The maximum Gasteiger partial charge on any atom is 0.341 e. The van der Waals surface area contributed by atoms with Gasteiger partial charge in [0.15, 0.2) is 0 Å². The van der Waals surface area contributed by atoms with Crippen molar-refractivity contribution in [2.24, 2.45) is 4.99 Å². The number of benzene rings is 2. The molecule has 2 fully saturated rings. The molecule has 3 aromatic rings. The number of aryl methyl sites for hydroxylation is 1. The van der Waals surface area contributed by atoms with Gasteiger partial charge in [-0.2, -0.15) is 0 Å². The van der Waals surface area contributed by atoms with Gasteiger partial charge in [-0.25, -0.2) is 9.18 Å². The number of aromatic carboxylic acids is 1. The van der Waals surface area contributed by atoms with Crippen LogP contribution in [0.2, 0.25) is 5.02 Å². The third-order valence-corrected chi connectivity index (χ3v) is 6.70. The fourth-order valence-corrected chi connectivity index (χ4v) is 4.83. The summed E-state index contributed by atoms with van der Waals surface area (Å²) in [7, 11) is 0. The molecular formula is C25H23ClFN3O3. The van der Waals surface area contributed by atoms with Crippen molar-refractivity contribution in [2.45, 2.75) is 38.3 Å². The summed E-state index contributed by atoms with van der Waals surface area (Å²) in [5, 5.41) is 9.58. The number of halogens is 2. The Morgan fingerprint density at radius 3 is 2.64 bits per heavy atom. The Balaban J connectivity index is 1.51. The van der Waals surface area contributed by atoms with Gasteiger partial charge in [-0.15, -0.1) is 0 Å². The smallest absolute Gasteiger partial charge is 0.341 e. The largest absolute Gasteiger partial charge is 0.477 e. The van der Waals surface area contributed by atoms with Crippen molar-refractivity contribution >= 4 is 40.4 Å². The van der Waals surface area contributed by atoms with Crippen LogP contribution in [-0.2, 0) is 0 Å². The molecule has 1 aromatic heterocycles. The van der Waals surface area contributed by atoms with Gasteiger partial charge in [0.1, 0.15) is 11.4 Å². The molecule has 2 aromatic carbocycles. The average molecular weight is 468 g/mol. The van der Waals surface area contributed by atoms with Gasteiger partial charge in [-0.05, 0) is 37.8 Å². The lowest BCUT2D eigenvalue weighted by Crippen LogP contribution is -2.24. The van der Waals surface area contributed by atoms with E-state index in [0.717, 1.165) is 30.9 Å². The fraction of sp³-hybridized carbons (Fsp3) is 0.320. The summed E-state index contributed by atoms with van der Waals surface area (Å²) in [6, 6.07) is 9.27. The van der Waals surface area contributed by atoms with E-state index in [1.54, 1.807) is 4.57 Å². The molecule has 0 amide bonds. The number of carboxylic acids is 1. The molecule has 8 heteroatoms. The number of carbonyl (C=O) groups is 1. The van der Waals surface area contributed by atoms with Crippen LogP contribution in [0.3, 0.4) is 0 Å². The standard InChI is InChI=1S/C25H23ClFN3O3/c1-14-2-4-15(5-3-14)11-28-16-8-9-29(12-16)23-20(27)10-18-22(21(23)26)30(17-6-7-17)13-19(24(18)31)25(32)33/h2-5,10-11,13,16-17H,6-9,12H2,1H3,(H,32,33)/b28-11+. The minimum atomic E-state index is -1.33. The highest BCUT2D eigenvalue weighted by atomic mass is 35.5. The Bertz CT molecular complexity index is 1350. The highest BCUT2D eigenvalue weighted by Crippen LogP contribution is 2.42. The molecule has 0 spiro atoms. The number of pyridine rings is 1. The van der Waals surface area contributed by atoms with Crippen LogP contribution in [-0.4, -0.2) is 41.0 Å². The van der Waals surface area contributed by atoms with Crippen LogP contribution in [0.15, 0.2) is 46.3 Å². The Morgan fingerprint density at radius 2 is 1.97 bits per heavy atom. The fourth-order valence-electron chi connectivity index (χ4n) is 4.43. The Morgan fingerprint density at radius 1 is 1.24 bits per heavy atom. The van der Waals surface area contributed by atoms with Crippen LogP contribution in [0, 0.1) is 12.7 Å². The molecule has 2 heterocycles. The third kappa shape index (κ3) is 4.02. The lowest BCUT2D eigenvalue weighted by Gasteiger charge is -2.23. The maximum atomic E-state index is 15.2. The van der Waals surface area contributed by atoms with E-state index < -0.39 is 17.2 Å². The van der Waals surface area contributed by atoms with E-state index in [2.05, 4.69) is 4.99 Å². The summed E-state index contributed by atoms with van der Waals surface area (Å²) >= 11 is 6.72. The summed E-state index contributed by atoms with van der Waals surface area (Å²) in [5.74, 6) is -1.96. The number of nitrogens with zero attached hydrogens (tertiary/aromatic N) is 3. The number of fused-ring (bicyclic) bond motifs is 1. The number of anilines is 1. The number of hydrogen-bond acceptors (Lipinski definition) is 4. The first-order chi connectivity index (χ1) is 15.8. The Hall–Kier alpha value is -3.19. The Kier molecular flexibility index (Phi) is 5.44. The highest BCUT2D eigenvalue weighted by Gasteiger charge is 2.32. The highest BCUT2D eigenvalue weighted by molar-refractivity contribution is 6.38. The minimum Gasteiger partial charge on any atom is -0.477 e. The normalized spacial score (nSPS) is 18.5. The molecular weight excluding hydrogens is 445 g/mol. The molecule has 1 unspecified atom stereocenters. The van der Waals surface area contributed by atoms with Gasteiger partial charge in [0.2, 0.25) is 5.43 Å². The van der Waals surface area contributed by atoms with Crippen LogP contribution >= 0.6 is 11.6 Å². The molecule has 0 radical (unpaired) electrons. The van der Waals surface area contributed by atoms with Gasteiger partial charge >= 0.3 is 5.97 Å². The van der Waals surface area contributed by atoms with Crippen LogP contribution in [0.1, 0.15) is 46.8 Å². The van der Waals surface area contributed by atoms with Crippen LogP contribution in [0.25, 0.3) is 10.9 Å². The van der Waals surface area contributed by atoms with Crippen molar-refractivity contribution in [3.05, 3.63) is 74.3 Å². The van der Waals surface area contributed by atoms with Gasteiger partial charge in [0.05, 0.1) is 27.7 Å². The molecule has 170 valence electrons. The second-order valence-corrected chi connectivity index (χ2v) is 9.19. The molecule has 1 aliphatic carbocycles. The molecule has 2 aliphatic rings. The maximum absolute atomic E-state index is 15.2. The van der Waals surface area contributed by atoms with Crippen molar-refractivity contribution in [3.8, 4) is 0 Å². The van der Waals surface area contributed by atoms with E-state index >= 15 is 4.39 Å². The Labute approximate surface area is 194 Å². The monoisotopic (exact) mass is 467 g/mol.